The van der Waals surface area contributed by atoms with Crippen LogP contribution in [-0.2, 0) is 19.7 Å². The third kappa shape index (κ3) is 2.07. The second-order valence-electron chi connectivity index (χ2n) is 7.11. The van der Waals surface area contributed by atoms with E-state index < -0.39 is 11.4 Å². The van der Waals surface area contributed by atoms with Crippen LogP contribution in [0.5, 0.6) is 5.88 Å². The number of H-pyrrole nitrogens is 1. The minimum atomic E-state index is -1.55. The minimum Gasteiger partial charge on any atom is -0.465 e. The predicted octanol–water partition coefficient (Wildman–Crippen LogP) is 2.07. The van der Waals surface area contributed by atoms with Gasteiger partial charge in [-0.2, -0.15) is 0 Å². The Morgan fingerprint density at radius 2 is 1.87 bits per heavy atom. The van der Waals surface area contributed by atoms with Crippen molar-refractivity contribution in [2.45, 2.75) is 5.41 Å². The molecule has 0 fully saturated rings. The number of benzene rings is 2. The Labute approximate surface area is 171 Å². The number of nitrogens with one attached hydrogen (secondary N) is 1. The molecule has 1 spiro atoms. The lowest BCUT2D eigenvalue weighted by Gasteiger charge is -2.34. The van der Waals surface area contributed by atoms with Gasteiger partial charge < -0.3 is 20.1 Å². The van der Waals surface area contributed by atoms with Gasteiger partial charge in [-0.25, -0.2) is 4.79 Å². The normalized spacial score (nSPS) is 19.5. The number of carbonyl (C=O) groups excluding carboxylic acids is 2. The maximum Gasteiger partial charge on any atom is 0.340 e. The fourth-order valence-electron chi connectivity index (χ4n) is 4.42. The SMILES string of the molecule is COC(=O)C1=C(N)Oc2n[nH]c(-c3ccccc3)c2[C@]12C(=O)N(C)c1ccccc12. The molecule has 2 aromatic carbocycles. The van der Waals surface area contributed by atoms with Gasteiger partial charge in [0, 0.05) is 23.9 Å². The van der Waals surface area contributed by atoms with E-state index >= 15 is 0 Å². The Morgan fingerprint density at radius 1 is 1.17 bits per heavy atom. The van der Waals surface area contributed by atoms with E-state index in [0.717, 1.165) is 5.56 Å². The van der Waals surface area contributed by atoms with Crippen molar-refractivity contribution in [2.24, 2.45) is 5.73 Å². The van der Waals surface area contributed by atoms with E-state index in [1.165, 1.54) is 12.0 Å². The highest BCUT2D eigenvalue weighted by atomic mass is 16.5. The molecule has 2 aliphatic rings. The fourth-order valence-corrected chi connectivity index (χ4v) is 4.42. The molecule has 0 radical (unpaired) electrons. The van der Waals surface area contributed by atoms with E-state index in [0.29, 0.717) is 22.5 Å². The first kappa shape index (κ1) is 18.0. The lowest BCUT2D eigenvalue weighted by atomic mass is 9.68. The molecule has 150 valence electrons. The molecule has 2 aliphatic heterocycles. The van der Waals surface area contributed by atoms with Crippen molar-refractivity contribution in [2.75, 3.05) is 19.1 Å². The van der Waals surface area contributed by atoms with Crippen molar-refractivity contribution >= 4 is 17.6 Å². The maximum atomic E-state index is 13.9. The van der Waals surface area contributed by atoms with Crippen LogP contribution in [-0.4, -0.2) is 36.2 Å². The zero-order valence-corrected chi connectivity index (χ0v) is 16.3. The number of anilines is 1. The molecule has 0 saturated carbocycles. The van der Waals surface area contributed by atoms with Gasteiger partial charge in [0.05, 0.1) is 18.4 Å². The van der Waals surface area contributed by atoms with Crippen molar-refractivity contribution < 1.29 is 19.1 Å². The van der Waals surface area contributed by atoms with E-state index in [1.807, 2.05) is 54.6 Å². The summed E-state index contributed by atoms with van der Waals surface area (Å²) >= 11 is 0. The zero-order chi connectivity index (χ0) is 21.0. The van der Waals surface area contributed by atoms with Gasteiger partial charge in [0.25, 0.3) is 0 Å². The molecule has 30 heavy (non-hydrogen) atoms. The van der Waals surface area contributed by atoms with Gasteiger partial charge in [0.15, 0.2) is 0 Å². The molecule has 8 heteroatoms. The molecule has 3 heterocycles. The number of ether oxygens (including phenoxy) is 2. The summed E-state index contributed by atoms with van der Waals surface area (Å²) in [4.78, 5) is 28.3. The Balaban J connectivity index is 1.93. The molecule has 3 aromatic rings. The van der Waals surface area contributed by atoms with Gasteiger partial charge in [-0.1, -0.05) is 48.5 Å². The molecule has 0 aliphatic carbocycles. The monoisotopic (exact) mass is 402 g/mol. The van der Waals surface area contributed by atoms with Crippen LogP contribution in [0.25, 0.3) is 11.3 Å². The summed E-state index contributed by atoms with van der Waals surface area (Å²) in [5, 5.41) is 7.24. The van der Waals surface area contributed by atoms with Crippen LogP contribution in [0.15, 0.2) is 66.1 Å². The van der Waals surface area contributed by atoms with E-state index in [2.05, 4.69) is 10.2 Å². The average Bonchev–Trinajstić information content (AvgIpc) is 3.29. The predicted molar refractivity (Wildman–Crippen MR) is 109 cm³/mol. The molecular formula is C22H18N4O4. The Morgan fingerprint density at radius 3 is 2.60 bits per heavy atom. The van der Waals surface area contributed by atoms with E-state index in [9.17, 15) is 9.59 Å². The second-order valence-corrected chi connectivity index (χ2v) is 7.11. The number of carbonyl (C=O) groups is 2. The summed E-state index contributed by atoms with van der Waals surface area (Å²) in [5.74, 6) is -1.14. The lowest BCUT2D eigenvalue weighted by molar-refractivity contribution is -0.138. The number of amides is 1. The number of rotatable bonds is 2. The highest BCUT2D eigenvalue weighted by Gasteiger charge is 2.62. The molecule has 5 rings (SSSR count). The van der Waals surface area contributed by atoms with Crippen LogP contribution >= 0.6 is 0 Å². The Bertz CT molecular complexity index is 1230. The number of hydrogen-bond donors (Lipinski definition) is 2. The molecular weight excluding hydrogens is 384 g/mol. The van der Waals surface area contributed by atoms with Crippen molar-refractivity contribution in [1.82, 2.24) is 10.2 Å². The molecule has 1 amide bonds. The number of likely N-dealkylation sites (N-methyl/N-ethyl adjacent to an activating group) is 1. The number of methoxy groups -OCH3 is 1. The van der Waals surface area contributed by atoms with E-state index in [4.69, 9.17) is 15.2 Å². The Hall–Kier alpha value is -4.07. The van der Waals surface area contributed by atoms with Gasteiger partial charge in [-0.05, 0) is 6.07 Å². The van der Waals surface area contributed by atoms with Crippen molar-refractivity contribution in [1.29, 1.82) is 0 Å². The first-order chi connectivity index (χ1) is 14.5. The highest BCUT2D eigenvalue weighted by molar-refractivity contribution is 6.19. The van der Waals surface area contributed by atoms with Gasteiger partial charge in [-0.15, -0.1) is 5.10 Å². The third-order valence-corrected chi connectivity index (χ3v) is 5.68. The summed E-state index contributed by atoms with van der Waals surface area (Å²) in [6.07, 6.45) is 0. The van der Waals surface area contributed by atoms with Crippen LogP contribution in [0, 0.1) is 0 Å². The summed E-state index contributed by atoms with van der Waals surface area (Å²) in [7, 11) is 2.91. The number of para-hydroxylation sites is 1. The molecule has 1 atom stereocenters. The first-order valence-corrected chi connectivity index (χ1v) is 9.30. The number of esters is 1. The Kier molecular flexibility index (Phi) is 3.73. The van der Waals surface area contributed by atoms with Crippen molar-refractivity contribution in [3.8, 4) is 17.1 Å². The van der Waals surface area contributed by atoms with Crippen LogP contribution in [0.4, 0.5) is 5.69 Å². The smallest absolute Gasteiger partial charge is 0.340 e. The van der Waals surface area contributed by atoms with E-state index in [-0.39, 0.29) is 23.2 Å². The van der Waals surface area contributed by atoms with Crippen LogP contribution in [0.2, 0.25) is 0 Å². The van der Waals surface area contributed by atoms with Crippen molar-refractivity contribution in [3.05, 3.63) is 77.2 Å². The van der Waals surface area contributed by atoms with Gasteiger partial charge >= 0.3 is 5.97 Å². The van der Waals surface area contributed by atoms with Crippen LogP contribution in [0.1, 0.15) is 11.1 Å². The average molecular weight is 402 g/mol. The molecule has 0 saturated heterocycles. The zero-order valence-electron chi connectivity index (χ0n) is 16.3. The first-order valence-electron chi connectivity index (χ1n) is 9.30. The van der Waals surface area contributed by atoms with E-state index in [1.54, 1.807) is 7.05 Å². The molecule has 1 aromatic heterocycles. The second kappa shape index (κ2) is 6.21. The third-order valence-electron chi connectivity index (χ3n) is 5.68. The largest absolute Gasteiger partial charge is 0.465 e. The number of nitrogens with zero attached hydrogens (tertiary/aromatic N) is 2. The highest BCUT2D eigenvalue weighted by Crippen LogP contribution is 2.56. The van der Waals surface area contributed by atoms with Crippen LogP contribution < -0.4 is 15.4 Å². The number of aromatic amines is 1. The standard InChI is InChI=1S/C22H18N4O4/c1-26-14-11-7-6-10-13(14)22(21(26)28)15-17(12-8-4-3-5-9-12)24-25-19(15)30-18(23)16(22)20(27)29-2/h3-11H,23H2,1-2H3,(H,24,25)/t22-/m0/s1. The van der Waals surface area contributed by atoms with Crippen LogP contribution in [0.3, 0.4) is 0 Å². The quantitative estimate of drug-likeness (QED) is 0.635. The summed E-state index contributed by atoms with van der Waals surface area (Å²) in [5.41, 5.74) is 7.64. The lowest BCUT2D eigenvalue weighted by Crippen LogP contribution is -2.47. The number of nitrogens with two attached hydrogens (primary N) is 1. The molecule has 0 unspecified atom stereocenters. The number of hydrogen-bond acceptors (Lipinski definition) is 6. The van der Waals surface area contributed by atoms with Gasteiger partial charge in [0.1, 0.15) is 11.0 Å². The summed E-state index contributed by atoms with van der Waals surface area (Å²) in [6, 6.07) is 16.7. The maximum absolute atomic E-state index is 13.9. The number of aromatic nitrogens is 2. The summed E-state index contributed by atoms with van der Waals surface area (Å²) < 4.78 is 10.7. The topological polar surface area (TPSA) is 111 Å². The van der Waals surface area contributed by atoms with Crippen molar-refractivity contribution in [3.63, 3.8) is 0 Å². The summed E-state index contributed by atoms with van der Waals surface area (Å²) in [6.45, 7) is 0. The number of fused-ring (bicyclic) bond motifs is 4. The molecule has 3 N–H and O–H groups in total. The minimum absolute atomic E-state index is 0.0575. The molecule has 8 nitrogen and oxygen atoms in total. The van der Waals surface area contributed by atoms with Gasteiger partial charge in [0.2, 0.25) is 17.7 Å². The molecule has 0 bridgehead atoms. The fraction of sp³-hybridized carbons (Fsp3) is 0.136. The van der Waals surface area contributed by atoms with Gasteiger partial charge in [-0.3, -0.25) is 9.89 Å².